The highest BCUT2D eigenvalue weighted by atomic mass is 35.5. The number of H-pyrrole nitrogens is 1. The Balaban J connectivity index is 2.16. The Labute approximate surface area is 147 Å². The highest BCUT2D eigenvalue weighted by Gasteiger charge is 2.25. The minimum atomic E-state index is -1.34. The van der Waals surface area contributed by atoms with Gasteiger partial charge < -0.3 is 15.4 Å². The molecule has 0 aliphatic carbocycles. The van der Waals surface area contributed by atoms with Crippen LogP contribution in [0.2, 0.25) is 0 Å². The van der Waals surface area contributed by atoms with E-state index in [0.717, 1.165) is 5.56 Å². The molecule has 0 spiro atoms. The van der Waals surface area contributed by atoms with Crippen molar-refractivity contribution in [2.24, 2.45) is 0 Å². The van der Waals surface area contributed by atoms with Crippen LogP contribution in [0.1, 0.15) is 11.7 Å². The molecule has 1 aromatic carbocycles. The van der Waals surface area contributed by atoms with E-state index in [0.29, 0.717) is 11.1 Å². The summed E-state index contributed by atoms with van der Waals surface area (Å²) in [6.45, 7) is -0.983. The molecule has 8 heteroatoms. The van der Waals surface area contributed by atoms with E-state index in [1.54, 1.807) is 30.3 Å². The maximum Gasteiger partial charge on any atom is 0.253 e. The number of nitrogens with one attached hydrogen (secondary N) is 2. The molecular weight excluding hydrogens is 358 g/mol. The third-order valence-electron chi connectivity index (χ3n) is 3.43. The zero-order valence-electron chi connectivity index (χ0n) is 12.4. The fraction of sp³-hybridized carbons (Fsp3) is 0.250. The summed E-state index contributed by atoms with van der Waals surface area (Å²) < 4.78 is 13.1. The van der Waals surface area contributed by atoms with Crippen molar-refractivity contribution in [1.82, 2.24) is 10.3 Å². The van der Waals surface area contributed by atoms with Gasteiger partial charge in [0, 0.05) is 12.3 Å². The monoisotopic (exact) mass is 372 g/mol. The van der Waals surface area contributed by atoms with Crippen LogP contribution in [0.4, 0.5) is 4.39 Å². The lowest BCUT2D eigenvalue weighted by molar-refractivity contribution is -0.121. The third kappa shape index (κ3) is 4.56. The molecule has 0 saturated heterocycles. The van der Waals surface area contributed by atoms with Crippen LogP contribution < -0.4 is 10.9 Å². The fourth-order valence-electron chi connectivity index (χ4n) is 2.18. The van der Waals surface area contributed by atoms with Crippen molar-refractivity contribution in [3.63, 3.8) is 0 Å². The number of hydrogen-bond acceptors (Lipinski definition) is 3. The van der Waals surface area contributed by atoms with Gasteiger partial charge in [-0.2, -0.15) is 0 Å². The average Bonchev–Trinajstić information content (AvgIpc) is 2.59. The van der Waals surface area contributed by atoms with Crippen LogP contribution in [0.15, 0.2) is 47.4 Å². The zero-order chi connectivity index (χ0) is 17.7. The van der Waals surface area contributed by atoms with Gasteiger partial charge in [0.15, 0.2) is 4.84 Å². The first-order valence-electron chi connectivity index (χ1n) is 7.04. The Kier molecular flexibility index (Phi) is 6.36. The van der Waals surface area contributed by atoms with E-state index < -0.39 is 29.6 Å². The topological polar surface area (TPSA) is 82.2 Å². The molecule has 2 rings (SSSR count). The quantitative estimate of drug-likeness (QED) is 0.680. The Bertz CT molecular complexity index is 749. The van der Waals surface area contributed by atoms with Gasteiger partial charge in [-0.15, -0.1) is 0 Å². The van der Waals surface area contributed by atoms with Crippen LogP contribution in [0, 0.1) is 0 Å². The first-order chi connectivity index (χ1) is 11.4. The summed E-state index contributed by atoms with van der Waals surface area (Å²) in [7, 11) is 0. The lowest BCUT2D eigenvalue weighted by Gasteiger charge is -2.22. The molecule has 0 unspecified atom stereocenters. The number of amides is 1. The number of benzene rings is 1. The number of hydrogen-bond donors (Lipinski definition) is 3. The second-order valence-corrected chi connectivity index (χ2v) is 6.17. The Morgan fingerprint density at radius 1 is 1.21 bits per heavy atom. The largest absolute Gasteiger partial charge is 0.386 e. The molecule has 0 saturated carbocycles. The van der Waals surface area contributed by atoms with Crippen molar-refractivity contribution in [1.29, 1.82) is 0 Å². The first kappa shape index (κ1) is 18.4. The van der Waals surface area contributed by atoms with Gasteiger partial charge in [0.05, 0.1) is 6.04 Å². The lowest BCUT2D eigenvalue weighted by Crippen LogP contribution is -2.43. The number of carbonyl (C=O) groups is 1. The standard InChI is InChI=1S/C16H15Cl2FN2O3/c17-15(18)16(24)21-12(8-19)14(23)10-3-1-9(2-4-10)11-5-6-20-13(22)7-11/h1-7,12,14-15,23H,8H2,(H,20,22)(H,21,24)/t12-,14+/m1/s1. The SMILES string of the molecule is O=C(N[C@H](CF)[C@@H](O)c1ccc(-c2cc[nH]c(=O)c2)cc1)C(Cl)Cl. The lowest BCUT2D eigenvalue weighted by atomic mass is 9.99. The molecule has 2 aromatic rings. The van der Waals surface area contributed by atoms with Gasteiger partial charge in [-0.1, -0.05) is 47.5 Å². The summed E-state index contributed by atoms with van der Waals surface area (Å²) >= 11 is 10.8. The van der Waals surface area contributed by atoms with Crippen LogP contribution in [0.25, 0.3) is 11.1 Å². The third-order valence-corrected chi connectivity index (χ3v) is 3.83. The number of halogens is 3. The van der Waals surface area contributed by atoms with Gasteiger partial charge in [0.1, 0.15) is 12.8 Å². The van der Waals surface area contributed by atoms with Gasteiger partial charge >= 0.3 is 0 Å². The molecule has 0 aliphatic rings. The van der Waals surface area contributed by atoms with Crippen molar-refractivity contribution in [2.75, 3.05) is 6.67 Å². The molecular formula is C16H15Cl2FN2O3. The predicted molar refractivity (Wildman–Crippen MR) is 90.9 cm³/mol. The molecule has 0 radical (unpaired) electrons. The second kappa shape index (κ2) is 8.28. The molecule has 24 heavy (non-hydrogen) atoms. The van der Waals surface area contributed by atoms with Gasteiger partial charge in [0.2, 0.25) is 5.56 Å². The second-order valence-electron chi connectivity index (χ2n) is 5.08. The molecule has 0 aliphatic heterocycles. The minimum Gasteiger partial charge on any atom is -0.386 e. The van der Waals surface area contributed by atoms with Crippen LogP contribution >= 0.6 is 23.2 Å². The molecule has 2 atom stereocenters. The number of aliphatic hydroxyl groups is 1. The summed E-state index contributed by atoms with van der Waals surface area (Å²) in [6.07, 6.45) is 0.267. The molecule has 1 aromatic heterocycles. The van der Waals surface area contributed by atoms with Crippen molar-refractivity contribution < 1.29 is 14.3 Å². The number of rotatable bonds is 6. The van der Waals surface area contributed by atoms with Gasteiger partial charge in [0.25, 0.3) is 5.91 Å². The van der Waals surface area contributed by atoms with E-state index >= 15 is 0 Å². The molecule has 128 valence electrons. The molecule has 1 heterocycles. The zero-order valence-corrected chi connectivity index (χ0v) is 13.9. The summed E-state index contributed by atoms with van der Waals surface area (Å²) in [5.74, 6) is -0.778. The summed E-state index contributed by atoms with van der Waals surface area (Å²) in [5, 5.41) is 12.5. The molecule has 5 nitrogen and oxygen atoms in total. The van der Waals surface area contributed by atoms with E-state index in [1.165, 1.54) is 12.3 Å². The number of carbonyl (C=O) groups excluding carboxylic acids is 1. The van der Waals surface area contributed by atoms with Crippen molar-refractivity contribution in [2.45, 2.75) is 17.0 Å². The molecule has 0 bridgehead atoms. The highest BCUT2D eigenvalue weighted by Crippen LogP contribution is 2.23. The van der Waals surface area contributed by atoms with Gasteiger partial charge in [-0.3, -0.25) is 9.59 Å². The summed E-state index contributed by atoms with van der Waals surface area (Å²) in [5.41, 5.74) is 1.66. The van der Waals surface area contributed by atoms with E-state index in [1.807, 2.05) is 0 Å². The van der Waals surface area contributed by atoms with Crippen molar-refractivity contribution in [3.05, 3.63) is 58.5 Å². The van der Waals surface area contributed by atoms with Crippen LogP contribution in [-0.2, 0) is 4.79 Å². The van der Waals surface area contributed by atoms with E-state index in [4.69, 9.17) is 23.2 Å². The summed E-state index contributed by atoms with van der Waals surface area (Å²) in [4.78, 5) is 23.9. The minimum absolute atomic E-state index is 0.228. The highest BCUT2D eigenvalue weighted by molar-refractivity contribution is 6.53. The number of aromatic amines is 1. The molecule has 3 N–H and O–H groups in total. The molecule has 1 amide bonds. The molecule has 0 fully saturated rings. The normalized spacial score (nSPS) is 13.5. The van der Waals surface area contributed by atoms with Crippen molar-refractivity contribution >= 4 is 29.1 Å². The smallest absolute Gasteiger partial charge is 0.253 e. The summed E-state index contributed by atoms with van der Waals surface area (Å²) in [6, 6.07) is 8.58. The number of alkyl halides is 3. The number of aromatic nitrogens is 1. The number of pyridine rings is 1. The first-order valence-corrected chi connectivity index (χ1v) is 7.91. The Morgan fingerprint density at radius 2 is 1.88 bits per heavy atom. The van der Waals surface area contributed by atoms with Gasteiger partial charge in [-0.25, -0.2) is 4.39 Å². The van der Waals surface area contributed by atoms with Crippen LogP contribution in [0.5, 0.6) is 0 Å². The van der Waals surface area contributed by atoms with E-state index in [9.17, 15) is 19.1 Å². The average molecular weight is 373 g/mol. The Hall–Kier alpha value is -1.89. The van der Waals surface area contributed by atoms with Crippen LogP contribution in [0.3, 0.4) is 0 Å². The Morgan fingerprint density at radius 3 is 2.42 bits per heavy atom. The number of aliphatic hydroxyl groups excluding tert-OH is 1. The van der Waals surface area contributed by atoms with Crippen molar-refractivity contribution in [3.8, 4) is 11.1 Å². The van der Waals surface area contributed by atoms with E-state index in [-0.39, 0.29) is 5.56 Å². The maximum absolute atomic E-state index is 13.1. The predicted octanol–water partition coefficient (Wildman–Crippen LogP) is 2.33. The fourth-order valence-corrected chi connectivity index (χ4v) is 2.30. The van der Waals surface area contributed by atoms with E-state index in [2.05, 4.69) is 10.3 Å². The van der Waals surface area contributed by atoms with Gasteiger partial charge in [-0.05, 0) is 22.8 Å². The van der Waals surface area contributed by atoms with Crippen LogP contribution in [-0.4, -0.2) is 33.6 Å². The maximum atomic E-state index is 13.1.